The third-order valence-electron chi connectivity index (χ3n) is 4.25. The molecule has 0 amide bonds. The molecule has 1 aliphatic heterocycles. The van der Waals surface area contributed by atoms with Gasteiger partial charge in [0.25, 0.3) is 0 Å². The fraction of sp³-hybridized carbons (Fsp3) is 0.278. The number of aryl methyl sites for hydroxylation is 2. The first kappa shape index (κ1) is 15.8. The van der Waals surface area contributed by atoms with E-state index in [4.69, 9.17) is 9.47 Å². The maximum atomic E-state index is 5.63. The van der Waals surface area contributed by atoms with E-state index < -0.39 is 0 Å². The van der Waals surface area contributed by atoms with E-state index in [1.54, 1.807) is 17.7 Å². The Morgan fingerprint density at radius 2 is 1.96 bits per heavy atom. The van der Waals surface area contributed by atoms with Gasteiger partial charge in [-0.05, 0) is 44.5 Å². The molecule has 7 heteroatoms. The Morgan fingerprint density at radius 3 is 2.80 bits per heavy atom. The predicted molar refractivity (Wildman–Crippen MR) is 100 cm³/mol. The molecule has 1 aromatic carbocycles. The van der Waals surface area contributed by atoms with Crippen LogP contribution in [0.5, 0.6) is 11.5 Å². The lowest BCUT2D eigenvalue weighted by Crippen LogP contribution is -2.15. The highest BCUT2D eigenvalue weighted by atomic mass is 32.1. The van der Waals surface area contributed by atoms with Crippen molar-refractivity contribution in [1.29, 1.82) is 0 Å². The molecule has 25 heavy (non-hydrogen) atoms. The number of nitrogens with zero attached hydrogens (tertiary/aromatic N) is 3. The van der Waals surface area contributed by atoms with Gasteiger partial charge in [-0.15, -0.1) is 11.3 Å². The number of anilines is 1. The molecule has 1 N–H and O–H groups in total. The van der Waals surface area contributed by atoms with Gasteiger partial charge in [0.05, 0.1) is 11.1 Å². The van der Waals surface area contributed by atoms with Crippen molar-refractivity contribution < 1.29 is 9.47 Å². The van der Waals surface area contributed by atoms with Gasteiger partial charge in [0, 0.05) is 10.4 Å². The molecule has 0 aliphatic carbocycles. The maximum Gasteiger partial charge on any atom is 0.162 e. The zero-order chi connectivity index (χ0) is 17.4. The molecule has 0 saturated carbocycles. The van der Waals surface area contributed by atoms with Crippen molar-refractivity contribution in [1.82, 2.24) is 9.97 Å². The van der Waals surface area contributed by atoms with Crippen LogP contribution in [0.15, 0.2) is 29.6 Å². The van der Waals surface area contributed by atoms with E-state index in [2.05, 4.69) is 34.3 Å². The number of hydrazone groups is 1. The molecular weight excluding hydrogens is 336 g/mol. The molecule has 0 unspecified atom stereocenters. The monoisotopic (exact) mass is 354 g/mol. The molecule has 3 aromatic rings. The Bertz CT molecular complexity index is 981. The summed E-state index contributed by atoms with van der Waals surface area (Å²) >= 11 is 1.67. The van der Waals surface area contributed by atoms with E-state index in [1.165, 1.54) is 10.4 Å². The van der Waals surface area contributed by atoms with Gasteiger partial charge < -0.3 is 9.47 Å². The molecular formula is C18H18N4O2S. The van der Waals surface area contributed by atoms with Crippen LogP contribution >= 0.6 is 11.3 Å². The van der Waals surface area contributed by atoms with Gasteiger partial charge in [0.2, 0.25) is 0 Å². The van der Waals surface area contributed by atoms with Crippen molar-refractivity contribution in [3.8, 4) is 11.5 Å². The second-order valence-corrected chi connectivity index (χ2v) is 7.06. The molecule has 0 spiro atoms. The zero-order valence-electron chi connectivity index (χ0n) is 14.3. The summed E-state index contributed by atoms with van der Waals surface area (Å²) in [5, 5.41) is 5.53. The second kappa shape index (κ2) is 6.33. The highest BCUT2D eigenvalue weighted by molar-refractivity contribution is 7.18. The quantitative estimate of drug-likeness (QED) is 0.570. The molecule has 0 bridgehead atoms. The van der Waals surface area contributed by atoms with Crippen molar-refractivity contribution in [3.63, 3.8) is 0 Å². The van der Waals surface area contributed by atoms with Crippen molar-refractivity contribution in [3.05, 3.63) is 40.5 Å². The number of rotatable bonds is 3. The maximum absolute atomic E-state index is 5.63. The number of ether oxygens (including phenoxy) is 2. The van der Waals surface area contributed by atoms with Crippen LogP contribution in [-0.4, -0.2) is 28.9 Å². The first-order valence-electron chi connectivity index (χ1n) is 8.04. The van der Waals surface area contributed by atoms with Gasteiger partial charge >= 0.3 is 0 Å². The minimum Gasteiger partial charge on any atom is -0.486 e. The summed E-state index contributed by atoms with van der Waals surface area (Å²) in [6.45, 7) is 7.28. The third-order valence-corrected chi connectivity index (χ3v) is 5.37. The third kappa shape index (κ3) is 2.91. The Balaban J connectivity index is 1.64. The van der Waals surface area contributed by atoms with Crippen molar-refractivity contribution in [2.45, 2.75) is 20.8 Å². The van der Waals surface area contributed by atoms with E-state index >= 15 is 0 Å². The minimum atomic E-state index is 0.570. The number of hydrogen-bond donors (Lipinski definition) is 1. The predicted octanol–water partition coefficient (Wildman–Crippen LogP) is 3.92. The molecule has 6 nitrogen and oxygen atoms in total. The Labute approximate surface area is 149 Å². The summed E-state index contributed by atoms with van der Waals surface area (Å²) in [5.74, 6) is 2.26. The summed E-state index contributed by atoms with van der Waals surface area (Å²) in [5.41, 5.74) is 6.10. The highest BCUT2D eigenvalue weighted by Gasteiger charge is 2.14. The molecule has 2 aromatic heterocycles. The van der Waals surface area contributed by atoms with Crippen LogP contribution in [-0.2, 0) is 0 Å². The van der Waals surface area contributed by atoms with E-state index in [-0.39, 0.29) is 0 Å². The lowest BCUT2D eigenvalue weighted by Gasteiger charge is -2.18. The van der Waals surface area contributed by atoms with E-state index in [0.29, 0.717) is 13.2 Å². The van der Waals surface area contributed by atoms with Gasteiger partial charge in [0.1, 0.15) is 24.4 Å². The Hall–Kier alpha value is -2.67. The van der Waals surface area contributed by atoms with Gasteiger partial charge in [-0.1, -0.05) is 0 Å². The number of nitrogens with one attached hydrogen (secondary N) is 1. The van der Waals surface area contributed by atoms with Gasteiger partial charge in [-0.2, -0.15) is 5.10 Å². The van der Waals surface area contributed by atoms with E-state index in [1.807, 2.05) is 25.1 Å². The normalized spacial score (nSPS) is 14.0. The molecule has 0 radical (unpaired) electrons. The number of benzene rings is 1. The van der Waals surface area contributed by atoms with Gasteiger partial charge in [0.15, 0.2) is 17.3 Å². The average molecular weight is 354 g/mol. The molecule has 0 saturated heterocycles. The van der Waals surface area contributed by atoms with Crippen LogP contribution in [0.2, 0.25) is 0 Å². The molecule has 128 valence electrons. The van der Waals surface area contributed by atoms with Crippen LogP contribution in [0.25, 0.3) is 10.2 Å². The van der Waals surface area contributed by atoms with E-state index in [9.17, 15) is 0 Å². The first-order valence-corrected chi connectivity index (χ1v) is 8.86. The van der Waals surface area contributed by atoms with Crippen LogP contribution in [0.1, 0.15) is 22.9 Å². The summed E-state index contributed by atoms with van der Waals surface area (Å²) in [6, 6.07) is 5.84. The first-order chi connectivity index (χ1) is 12.1. The largest absolute Gasteiger partial charge is 0.486 e. The Morgan fingerprint density at radius 1 is 1.16 bits per heavy atom. The van der Waals surface area contributed by atoms with Crippen LogP contribution in [0, 0.1) is 13.8 Å². The minimum absolute atomic E-state index is 0.570. The SMILES string of the molecule is C/C(=N\Nc1ncnc2sc(C)c(C)c12)c1ccc2c(c1)OCCO2. The van der Waals surface area contributed by atoms with E-state index in [0.717, 1.165) is 38.8 Å². The number of fused-ring (bicyclic) bond motifs is 2. The average Bonchev–Trinajstić information content (AvgIpc) is 2.94. The lowest BCUT2D eigenvalue weighted by atomic mass is 10.1. The number of thiophene rings is 1. The molecule has 1 aliphatic rings. The number of aromatic nitrogens is 2. The van der Waals surface area contributed by atoms with Crippen LogP contribution in [0.3, 0.4) is 0 Å². The lowest BCUT2D eigenvalue weighted by molar-refractivity contribution is 0.171. The molecule has 0 fully saturated rings. The highest BCUT2D eigenvalue weighted by Crippen LogP contribution is 2.33. The summed E-state index contributed by atoms with van der Waals surface area (Å²) in [4.78, 5) is 10.9. The fourth-order valence-electron chi connectivity index (χ4n) is 2.74. The van der Waals surface area contributed by atoms with Gasteiger partial charge in [-0.25, -0.2) is 9.97 Å². The molecule has 0 atom stereocenters. The summed E-state index contributed by atoms with van der Waals surface area (Å²) in [7, 11) is 0. The van der Waals surface area contributed by atoms with Crippen molar-refractivity contribution in [2.75, 3.05) is 18.6 Å². The van der Waals surface area contributed by atoms with Crippen molar-refractivity contribution >= 4 is 33.1 Å². The topological polar surface area (TPSA) is 68.6 Å². The molecule has 3 heterocycles. The van der Waals surface area contributed by atoms with Crippen LogP contribution in [0.4, 0.5) is 5.82 Å². The summed E-state index contributed by atoms with van der Waals surface area (Å²) in [6.07, 6.45) is 1.56. The van der Waals surface area contributed by atoms with Gasteiger partial charge in [-0.3, -0.25) is 5.43 Å². The van der Waals surface area contributed by atoms with Crippen LogP contribution < -0.4 is 14.9 Å². The second-order valence-electron chi connectivity index (χ2n) is 5.85. The Kier molecular flexibility index (Phi) is 4.01. The smallest absolute Gasteiger partial charge is 0.162 e. The fourth-order valence-corrected chi connectivity index (χ4v) is 3.73. The number of hydrogen-bond acceptors (Lipinski definition) is 7. The standard InChI is InChI=1S/C18H18N4O2S/c1-10-12(3)25-18-16(10)17(19-9-20-18)22-21-11(2)13-4-5-14-15(8-13)24-7-6-23-14/h4-5,8-9H,6-7H2,1-3H3,(H,19,20,22)/b21-11+. The van der Waals surface area contributed by atoms with Crippen molar-refractivity contribution in [2.24, 2.45) is 5.10 Å². The zero-order valence-corrected chi connectivity index (χ0v) is 15.1. The molecule has 4 rings (SSSR count). The summed E-state index contributed by atoms with van der Waals surface area (Å²) < 4.78 is 11.2.